The molecule has 0 radical (unpaired) electrons. The SMILES string of the molecule is C[C@H]1CCc2c(sc3nc(CCN4CCN(c5ccccc5O)CC4)nc(N)c23)C1. The molecule has 0 bridgehead atoms. The van der Waals surface area contributed by atoms with E-state index in [2.05, 4.69) is 21.7 Å². The molecule has 1 aliphatic heterocycles. The van der Waals surface area contributed by atoms with Crippen LogP contribution in [0.4, 0.5) is 11.5 Å². The van der Waals surface area contributed by atoms with Crippen LogP contribution in [0.25, 0.3) is 10.2 Å². The lowest BCUT2D eigenvalue weighted by Gasteiger charge is -2.36. The van der Waals surface area contributed by atoms with Gasteiger partial charge in [0, 0.05) is 44.0 Å². The van der Waals surface area contributed by atoms with E-state index in [0.717, 1.165) is 79.6 Å². The molecule has 0 amide bonds. The van der Waals surface area contributed by atoms with Gasteiger partial charge in [0.1, 0.15) is 22.2 Å². The Balaban J connectivity index is 1.23. The van der Waals surface area contributed by atoms with Crippen LogP contribution in [0.3, 0.4) is 0 Å². The molecule has 1 fully saturated rings. The number of rotatable bonds is 4. The highest BCUT2D eigenvalue weighted by Crippen LogP contribution is 2.39. The van der Waals surface area contributed by atoms with Gasteiger partial charge in [-0.1, -0.05) is 19.1 Å². The molecule has 3 N–H and O–H groups in total. The van der Waals surface area contributed by atoms with Crippen LogP contribution in [0, 0.1) is 5.92 Å². The van der Waals surface area contributed by atoms with Crippen molar-refractivity contribution in [2.24, 2.45) is 5.92 Å². The first-order valence-electron chi connectivity index (χ1n) is 10.9. The van der Waals surface area contributed by atoms with Crippen molar-refractivity contribution >= 4 is 33.1 Å². The standard InChI is InChI=1S/C23H29N5OS/c1-15-6-7-16-19(14-15)30-23-21(16)22(24)25-20(26-23)8-9-27-10-12-28(13-11-27)17-4-2-3-5-18(17)29/h2-5,15,29H,6-14H2,1H3,(H2,24,25,26)/t15-/m0/s1. The van der Waals surface area contributed by atoms with E-state index in [1.165, 1.54) is 16.9 Å². The zero-order valence-electron chi connectivity index (χ0n) is 17.5. The van der Waals surface area contributed by atoms with E-state index in [9.17, 15) is 5.11 Å². The van der Waals surface area contributed by atoms with Crippen LogP contribution in [0.1, 0.15) is 29.6 Å². The molecule has 3 heterocycles. The quantitative estimate of drug-likeness (QED) is 0.669. The number of phenols is 1. The lowest BCUT2D eigenvalue weighted by atomic mass is 9.89. The number of fused-ring (bicyclic) bond motifs is 3. The van der Waals surface area contributed by atoms with Crippen molar-refractivity contribution in [3.8, 4) is 5.75 Å². The third kappa shape index (κ3) is 3.72. The van der Waals surface area contributed by atoms with Gasteiger partial charge < -0.3 is 15.7 Å². The number of aryl methyl sites for hydroxylation is 1. The molecule has 3 aromatic rings. The van der Waals surface area contributed by atoms with Crippen LogP contribution < -0.4 is 10.6 Å². The number of hydrogen-bond donors (Lipinski definition) is 2. The van der Waals surface area contributed by atoms with Crippen molar-refractivity contribution in [3.05, 3.63) is 40.5 Å². The normalized spacial score (nSPS) is 19.9. The van der Waals surface area contributed by atoms with E-state index in [1.54, 1.807) is 6.07 Å². The highest BCUT2D eigenvalue weighted by molar-refractivity contribution is 7.19. The molecule has 0 unspecified atom stereocenters. The summed E-state index contributed by atoms with van der Waals surface area (Å²) in [4.78, 5) is 16.8. The third-order valence-corrected chi connectivity index (χ3v) is 7.62. The zero-order chi connectivity index (χ0) is 20.7. The predicted molar refractivity (Wildman–Crippen MR) is 123 cm³/mol. The van der Waals surface area contributed by atoms with E-state index in [0.29, 0.717) is 11.6 Å². The Morgan fingerprint density at radius 2 is 1.97 bits per heavy atom. The summed E-state index contributed by atoms with van der Waals surface area (Å²) < 4.78 is 0. The Hall–Kier alpha value is -2.38. The molecule has 5 rings (SSSR count). The van der Waals surface area contributed by atoms with Gasteiger partial charge in [0.25, 0.3) is 0 Å². The van der Waals surface area contributed by atoms with Gasteiger partial charge in [0.05, 0.1) is 11.1 Å². The number of phenolic OH excluding ortho intramolecular Hbond substituents is 1. The molecule has 2 aliphatic rings. The van der Waals surface area contributed by atoms with Crippen LogP contribution in [0.2, 0.25) is 0 Å². The summed E-state index contributed by atoms with van der Waals surface area (Å²) in [7, 11) is 0. The topological polar surface area (TPSA) is 78.5 Å². The number of nitrogen functional groups attached to an aromatic ring is 1. The van der Waals surface area contributed by atoms with Crippen molar-refractivity contribution in [1.82, 2.24) is 14.9 Å². The summed E-state index contributed by atoms with van der Waals surface area (Å²) in [5.41, 5.74) is 8.70. The van der Waals surface area contributed by atoms with Gasteiger partial charge in [-0.2, -0.15) is 0 Å². The number of para-hydroxylation sites is 2. The van der Waals surface area contributed by atoms with E-state index in [-0.39, 0.29) is 0 Å². The number of hydrogen-bond acceptors (Lipinski definition) is 7. The Kier molecular flexibility index (Phi) is 5.25. The Morgan fingerprint density at radius 3 is 2.77 bits per heavy atom. The first-order valence-corrected chi connectivity index (χ1v) is 11.7. The number of thiophene rings is 1. The monoisotopic (exact) mass is 423 g/mol. The number of anilines is 2. The number of aromatic nitrogens is 2. The molecular formula is C23H29N5OS. The molecule has 1 aromatic carbocycles. The first kappa shape index (κ1) is 19.6. The van der Waals surface area contributed by atoms with Crippen LogP contribution in [0.15, 0.2) is 24.3 Å². The smallest absolute Gasteiger partial charge is 0.138 e. The second-order valence-electron chi connectivity index (χ2n) is 8.62. The molecular weight excluding hydrogens is 394 g/mol. The zero-order valence-corrected chi connectivity index (χ0v) is 18.3. The van der Waals surface area contributed by atoms with E-state index in [4.69, 9.17) is 10.7 Å². The molecule has 6 nitrogen and oxygen atoms in total. The van der Waals surface area contributed by atoms with Gasteiger partial charge >= 0.3 is 0 Å². The van der Waals surface area contributed by atoms with Gasteiger partial charge in [0.2, 0.25) is 0 Å². The maximum absolute atomic E-state index is 10.1. The van der Waals surface area contributed by atoms with Gasteiger partial charge in [-0.15, -0.1) is 11.3 Å². The van der Waals surface area contributed by atoms with Crippen molar-refractivity contribution in [2.45, 2.75) is 32.6 Å². The highest BCUT2D eigenvalue weighted by Gasteiger charge is 2.24. The molecule has 1 saturated heterocycles. The summed E-state index contributed by atoms with van der Waals surface area (Å²) in [5, 5.41) is 11.2. The maximum Gasteiger partial charge on any atom is 0.138 e. The first-order chi connectivity index (χ1) is 14.6. The molecule has 1 aliphatic carbocycles. The molecule has 0 saturated carbocycles. The largest absolute Gasteiger partial charge is 0.506 e. The number of piperazine rings is 1. The van der Waals surface area contributed by atoms with E-state index in [1.807, 2.05) is 29.5 Å². The fourth-order valence-corrected chi connectivity index (χ4v) is 6.14. The Labute approximate surface area is 181 Å². The van der Waals surface area contributed by atoms with E-state index >= 15 is 0 Å². The fourth-order valence-electron chi connectivity index (χ4n) is 4.73. The van der Waals surface area contributed by atoms with Crippen molar-refractivity contribution in [1.29, 1.82) is 0 Å². The molecule has 0 spiro atoms. The average molecular weight is 424 g/mol. The van der Waals surface area contributed by atoms with Crippen molar-refractivity contribution in [3.63, 3.8) is 0 Å². The molecule has 7 heteroatoms. The number of nitrogens with two attached hydrogens (primary N) is 1. The highest BCUT2D eigenvalue weighted by atomic mass is 32.1. The van der Waals surface area contributed by atoms with Crippen molar-refractivity contribution < 1.29 is 5.11 Å². The predicted octanol–water partition coefficient (Wildman–Crippen LogP) is 3.47. The minimum absolute atomic E-state index is 0.358. The number of aromatic hydroxyl groups is 1. The second kappa shape index (κ2) is 8.04. The number of nitrogens with zero attached hydrogens (tertiary/aromatic N) is 4. The summed E-state index contributed by atoms with van der Waals surface area (Å²) in [6.07, 6.45) is 4.29. The summed E-state index contributed by atoms with van der Waals surface area (Å²) in [6, 6.07) is 7.57. The molecule has 158 valence electrons. The van der Waals surface area contributed by atoms with Crippen LogP contribution in [0.5, 0.6) is 5.75 Å². The van der Waals surface area contributed by atoms with E-state index < -0.39 is 0 Å². The minimum atomic E-state index is 0.358. The van der Waals surface area contributed by atoms with Crippen molar-refractivity contribution in [2.75, 3.05) is 43.4 Å². The summed E-state index contributed by atoms with van der Waals surface area (Å²) in [5.74, 6) is 2.62. The van der Waals surface area contributed by atoms with Crippen LogP contribution >= 0.6 is 11.3 Å². The molecule has 1 atom stereocenters. The fraction of sp³-hybridized carbons (Fsp3) is 0.478. The Morgan fingerprint density at radius 1 is 1.17 bits per heavy atom. The average Bonchev–Trinajstić information content (AvgIpc) is 3.11. The number of benzene rings is 1. The summed E-state index contributed by atoms with van der Waals surface area (Å²) in [6.45, 7) is 7.02. The lowest BCUT2D eigenvalue weighted by Crippen LogP contribution is -2.47. The summed E-state index contributed by atoms with van der Waals surface area (Å²) >= 11 is 1.82. The van der Waals surface area contributed by atoms with Gasteiger partial charge in [-0.3, -0.25) is 4.90 Å². The Bertz CT molecular complexity index is 1060. The molecule has 30 heavy (non-hydrogen) atoms. The molecule has 2 aromatic heterocycles. The second-order valence-corrected chi connectivity index (χ2v) is 9.71. The minimum Gasteiger partial charge on any atom is -0.506 e. The van der Waals surface area contributed by atoms with Gasteiger partial charge in [0.15, 0.2) is 0 Å². The van der Waals surface area contributed by atoms with Crippen LogP contribution in [-0.2, 0) is 19.3 Å². The maximum atomic E-state index is 10.1. The third-order valence-electron chi connectivity index (χ3n) is 6.48. The van der Waals surface area contributed by atoms with Gasteiger partial charge in [-0.05, 0) is 42.9 Å². The van der Waals surface area contributed by atoms with Crippen LogP contribution in [-0.4, -0.2) is 52.7 Å². The lowest BCUT2D eigenvalue weighted by molar-refractivity contribution is 0.259. The van der Waals surface area contributed by atoms with Gasteiger partial charge in [-0.25, -0.2) is 9.97 Å².